The van der Waals surface area contributed by atoms with Crippen LogP contribution in [0.15, 0.2) is 22.7 Å². The highest BCUT2D eigenvalue weighted by molar-refractivity contribution is 9.10. The molecule has 0 bridgehead atoms. The lowest BCUT2D eigenvalue weighted by Gasteiger charge is -2.06. The minimum Gasteiger partial charge on any atom is -0.379 e. The molecule has 4 nitrogen and oxygen atoms in total. The molecule has 1 N–H and O–H groups in total. The van der Waals surface area contributed by atoms with Crippen LogP contribution in [0.25, 0.3) is 0 Å². The van der Waals surface area contributed by atoms with E-state index in [1.165, 1.54) is 6.07 Å². The fourth-order valence-corrected chi connectivity index (χ4v) is 1.58. The zero-order valence-corrected chi connectivity index (χ0v) is 10.2. The van der Waals surface area contributed by atoms with Gasteiger partial charge in [-0.25, -0.2) is 0 Å². The Balaban J connectivity index is 2.73. The number of hydrogen-bond donors (Lipinski definition) is 1. The van der Waals surface area contributed by atoms with Gasteiger partial charge in [0.2, 0.25) is 0 Å². The Bertz CT molecular complexity index is 426. The first-order valence-electron chi connectivity index (χ1n) is 4.76. The molecule has 0 fully saturated rings. The van der Waals surface area contributed by atoms with E-state index in [1.54, 1.807) is 12.1 Å². The summed E-state index contributed by atoms with van der Waals surface area (Å²) >= 11 is 3.27. The van der Waals surface area contributed by atoms with Crippen molar-refractivity contribution in [2.45, 2.75) is 12.8 Å². The number of nitrogens with zero attached hydrogens (tertiary/aromatic N) is 1. The molecule has 0 aliphatic heterocycles. The number of benzene rings is 1. The van der Waals surface area contributed by atoms with Crippen molar-refractivity contribution in [3.05, 3.63) is 32.8 Å². The van der Waals surface area contributed by atoms with E-state index in [2.05, 4.69) is 27.2 Å². The number of nitro groups is 1. The molecule has 0 spiro atoms. The normalized spacial score (nSPS) is 9.50. The second-order valence-electron chi connectivity index (χ2n) is 3.15. The zero-order valence-electron chi connectivity index (χ0n) is 8.57. The Morgan fingerprint density at radius 1 is 1.56 bits per heavy atom. The number of hydrogen-bond acceptors (Lipinski definition) is 3. The Morgan fingerprint density at radius 3 is 2.94 bits per heavy atom. The fourth-order valence-electron chi connectivity index (χ4n) is 1.22. The largest absolute Gasteiger partial charge is 0.379 e. The molecule has 1 rings (SSSR count). The maximum atomic E-state index is 10.7. The van der Waals surface area contributed by atoms with Crippen molar-refractivity contribution < 1.29 is 4.92 Å². The summed E-state index contributed by atoms with van der Waals surface area (Å²) in [6, 6.07) is 4.80. The maximum absolute atomic E-state index is 10.7. The first-order valence-corrected chi connectivity index (χ1v) is 5.55. The fraction of sp³-hybridized carbons (Fsp3) is 0.273. The van der Waals surface area contributed by atoms with E-state index < -0.39 is 4.92 Å². The molecule has 16 heavy (non-hydrogen) atoms. The number of terminal acetylenes is 1. The van der Waals surface area contributed by atoms with Gasteiger partial charge in [-0.3, -0.25) is 10.1 Å². The van der Waals surface area contributed by atoms with Crippen LogP contribution in [-0.2, 0) is 0 Å². The van der Waals surface area contributed by atoms with Crippen molar-refractivity contribution in [1.82, 2.24) is 0 Å². The van der Waals surface area contributed by atoms with Crippen molar-refractivity contribution in [2.24, 2.45) is 0 Å². The molecule has 1 aromatic carbocycles. The summed E-state index contributed by atoms with van der Waals surface area (Å²) in [4.78, 5) is 10.3. The number of nitro benzene ring substituents is 1. The molecular formula is C11H11BrN2O2. The van der Waals surface area contributed by atoms with Gasteiger partial charge in [0.15, 0.2) is 0 Å². The van der Waals surface area contributed by atoms with Crippen LogP contribution >= 0.6 is 15.9 Å². The summed E-state index contributed by atoms with van der Waals surface area (Å²) in [5.74, 6) is 2.52. The average Bonchev–Trinajstić information content (AvgIpc) is 2.24. The Hall–Kier alpha value is -1.54. The number of halogens is 1. The van der Waals surface area contributed by atoms with Gasteiger partial charge in [0.05, 0.1) is 4.92 Å². The topological polar surface area (TPSA) is 55.2 Å². The Morgan fingerprint density at radius 2 is 2.31 bits per heavy atom. The zero-order chi connectivity index (χ0) is 12.0. The number of rotatable bonds is 5. The predicted molar refractivity (Wildman–Crippen MR) is 67.4 cm³/mol. The quantitative estimate of drug-likeness (QED) is 0.391. The van der Waals surface area contributed by atoms with Gasteiger partial charge >= 0.3 is 0 Å². The van der Waals surface area contributed by atoms with Gasteiger partial charge in [0.1, 0.15) is 5.69 Å². The van der Waals surface area contributed by atoms with Crippen LogP contribution < -0.4 is 5.32 Å². The van der Waals surface area contributed by atoms with Crippen LogP contribution in [0, 0.1) is 22.5 Å². The first kappa shape index (κ1) is 12.5. The summed E-state index contributed by atoms with van der Waals surface area (Å²) < 4.78 is 0.803. The highest BCUT2D eigenvalue weighted by atomic mass is 79.9. The van der Waals surface area contributed by atoms with E-state index in [0.717, 1.165) is 10.9 Å². The minimum absolute atomic E-state index is 0.0731. The Kier molecular flexibility index (Phi) is 4.80. The third kappa shape index (κ3) is 3.55. The van der Waals surface area contributed by atoms with Gasteiger partial charge in [0, 0.05) is 23.5 Å². The molecule has 0 unspecified atom stereocenters. The summed E-state index contributed by atoms with van der Waals surface area (Å²) in [5, 5.41) is 13.7. The maximum Gasteiger partial charge on any atom is 0.292 e. The molecule has 0 aliphatic carbocycles. The van der Waals surface area contributed by atoms with E-state index >= 15 is 0 Å². The molecule has 84 valence electrons. The number of nitrogens with one attached hydrogen (secondary N) is 1. The predicted octanol–water partition coefficient (Wildman–Crippen LogP) is 3.18. The van der Waals surface area contributed by atoms with Gasteiger partial charge in [-0.05, 0) is 18.6 Å². The summed E-state index contributed by atoms with van der Waals surface area (Å²) in [6.07, 6.45) is 6.57. The van der Waals surface area contributed by atoms with Crippen LogP contribution in [0.2, 0.25) is 0 Å². The average molecular weight is 283 g/mol. The highest BCUT2D eigenvalue weighted by Crippen LogP contribution is 2.27. The van der Waals surface area contributed by atoms with E-state index in [-0.39, 0.29) is 5.69 Å². The minimum atomic E-state index is -0.407. The van der Waals surface area contributed by atoms with Gasteiger partial charge in [0.25, 0.3) is 5.69 Å². The van der Waals surface area contributed by atoms with Crippen LogP contribution in [-0.4, -0.2) is 11.5 Å². The molecule has 0 saturated heterocycles. The molecule has 1 aromatic rings. The van der Waals surface area contributed by atoms with Crippen molar-refractivity contribution in [2.75, 3.05) is 11.9 Å². The molecule has 0 saturated carbocycles. The van der Waals surface area contributed by atoms with Crippen molar-refractivity contribution in [3.8, 4) is 12.3 Å². The smallest absolute Gasteiger partial charge is 0.292 e. The molecular weight excluding hydrogens is 272 g/mol. The Labute approximate surface area is 102 Å². The summed E-state index contributed by atoms with van der Waals surface area (Å²) in [5.41, 5.74) is 0.584. The van der Waals surface area contributed by atoms with Crippen LogP contribution in [0.5, 0.6) is 0 Å². The second kappa shape index (κ2) is 6.13. The molecule has 0 aromatic heterocycles. The lowest BCUT2D eigenvalue weighted by atomic mass is 10.2. The van der Waals surface area contributed by atoms with Gasteiger partial charge in [-0.1, -0.05) is 15.9 Å². The number of anilines is 1. The second-order valence-corrected chi connectivity index (χ2v) is 4.07. The molecule has 0 heterocycles. The van der Waals surface area contributed by atoms with Crippen molar-refractivity contribution >= 4 is 27.3 Å². The van der Waals surface area contributed by atoms with E-state index in [9.17, 15) is 10.1 Å². The molecule has 0 aliphatic rings. The molecule has 0 amide bonds. The SMILES string of the molecule is C#CCCCNc1cc(Br)ccc1[N+](=O)[O-]. The van der Waals surface area contributed by atoms with Crippen LogP contribution in [0.3, 0.4) is 0 Å². The summed E-state index contributed by atoms with van der Waals surface area (Å²) in [7, 11) is 0. The third-order valence-corrected chi connectivity index (χ3v) is 2.46. The van der Waals surface area contributed by atoms with E-state index in [4.69, 9.17) is 6.42 Å². The van der Waals surface area contributed by atoms with Crippen LogP contribution in [0.1, 0.15) is 12.8 Å². The van der Waals surface area contributed by atoms with E-state index in [1.807, 2.05) is 0 Å². The summed E-state index contributed by atoms with van der Waals surface area (Å²) in [6.45, 7) is 0.626. The third-order valence-electron chi connectivity index (χ3n) is 1.97. The molecule has 0 radical (unpaired) electrons. The van der Waals surface area contributed by atoms with Gasteiger partial charge in [-0.15, -0.1) is 12.3 Å². The van der Waals surface area contributed by atoms with E-state index in [0.29, 0.717) is 18.7 Å². The highest BCUT2D eigenvalue weighted by Gasteiger charge is 2.12. The lowest BCUT2D eigenvalue weighted by Crippen LogP contribution is -2.04. The van der Waals surface area contributed by atoms with Crippen molar-refractivity contribution in [1.29, 1.82) is 0 Å². The monoisotopic (exact) mass is 282 g/mol. The van der Waals surface area contributed by atoms with Crippen LogP contribution in [0.4, 0.5) is 11.4 Å². The number of unbranched alkanes of at least 4 members (excludes halogenated alkanes) is 1. The standard InChI is InChI=1S/C11H11BrN2O2/c1-2-3-4-7-13-10-8-9(12)5-6-11(10)14(15)16/h1,5-6,8,13H,3-4,7H2. The molecule has 5 heteroatoms. The molecule has 0 atom stereocenters. The van der Waals surface area contributed by atoms with Crippen molar-refractivity contribution in [3.63, 3.8) is 0 Å². The first-order chi connectivity index (χ1) is 7.65. The van der Waals surface area contributed by atoms with Gasteiger partial charge in [-0.2, -0.15) is 0 Å². The van der Waals surface area contributed by atoms with Gasteiger partial charge < -0.3 is 5.32 Å². The lowest BCUT2D eigenvalue weighted by molar-refractivity contribution is -0.384.